The van der Waals surface area contributed by atoms with Crippen LogP contribution >= 0.6 is 23.2 Å². The molecule has 0 aromatic heterocycles. The van der Waals surface area contributed by atoms with E-state index >= 15 is 0 Å². The van der Waals surface area contributed by atoms with Crippen molar-refractivity contribution in [3.63, 3.8) is 0 Å². The predicted octanol–water partition coefficient (Wildman–Crippen LogP) is 4.93. The number of hydrogen-bond acceptors (Lipinski definition) is 3. The van der Waals surface area contributed by atoms with Gasteiger partial charge in [0.05, 0.1) is 0 Å². The lowest BCUT2D eigenvalue weighted by Crippen LogP contribution is -2.38. The van der Waals surface area contributed by atoms with Crippen LogP contribution in [0.25, 0.3) is 0 Å². The maximum atomic E-state index is 9.55. The summed E-state index contributed by atoms with van der Waals surface area (Å²) < 4.78 is 0. The highest BCUT2D eigenvalue weighted by Gasteiger charge is 2.37. The summed E-state index contributed by atoms with van der Waals surface area (Å²) in [7, 11) is 0. The Labute approximate surface area is 185 Å². The molecule has 0 spiro atoms. The van der Waals surface area contributed by atoms with E-state index in [0.29, 0.717) is 29.0 Å². The zero-order chi connectivity index (χ0) is 21.7. The first kappa shape index (κ1) is 22.3. The Morgan fingerprint density at radius 2 is 1.63 bits per heavy atom. The van der Waals surface area contributed by atoms with Crippen LogP contribution in [-0.4, -0.2) is 35.2 Å². The molecule has 30 heavy (non-hydrogen) atoms. The number of carboxylic acids is 2. The molecule has 1 heterocycles. The Bertz CT molecular complexity index is 944. The molecule has 0 radical (unpaired) electrons. The Balaban J connectivity index is 0.000000275. The van der Waals surface area contributed by atoms with Crippen molar-refractivity contribution in [2.45, 2.75) is 24.7 Å². The van der Waals surface area contributed by atoms with Crippen molar-refractivity contribution in [3.8, 4) is 0 Å². The predicted molar refractivity (Wildman–Crippen MR) is 117 cm³/mol. The third-order valence-corrected chi connectivity index (χ3v) is 6.20. The molecule has 0 amide bonds. The van der Waals surface area contributed by atoms with E-state index in [2.05, 4.69) is 35.6 Å². The second kappa shape index (κ2) is 10.1. The van der Waals surface area contributed by atoms with Gasteiger partial charge in [-0.2, -0.15) is 0 Å². The Kier molecular flexibility index (Phi) is 7.53. The van der Waals surface area contributed by atoms with E-state index in [9.17, 15) is 9.59 Å². The van der Waals surface area contributed by atoms with Crippen molar-refractivity contribution < 1.29 is 19.8 Å². The van der Waals surface area contributed by atoms with Crippen LogP contribution in [0.3, 0.4) is 0 Å². The van der Waals surface area contributed by atoms with Crippen LogP contribution in [0.15, 0.2) is 54.6 Å². The SMILES string of the molecule is Clc1ccc(C2CC3CCNCC3c3ccccc32)c(Cl)c1.O=C(O)/C=C\C(=O)O. The normalized spacial score (nSPS) is 22.4. The number of aliphatic carboxylic acids is 2. The number of hydrogen-bond donors (Lipinski definition) is 3. The van der Waals surface area contributed by atoms with Gasteiger partial charge in [-0.05, 0) is 60.0 Å². The average Bonchev–Trinajstić information content (AvgIpc) is 2.72. The summed E-state index contributed by atoms with van der Waals surface area (Å²) in [5.74, 6) is -0.736. The second-order valence-corrected chi connectivity index (χ2v) is 8.30. The van der Waals surface area contributed by atoms with Crippen molar-refractivity contribution in [1.82, 2.24) is 5.32 Å². The van der Waals surface area contributed by atoms with E-state index in [-0.39, 0.29) is 0 Å². The van der Waals surface area contributed by atoms with E-state index in [1.807, 2.05) is 12.1 Å². The summed E-state index contributed by atoms with van der Waals surface area (Å²) in [6.07, 6.45) is 3.55. The van der Waals surface area contributed by atoms with Crippen LogP contribution < -0.4 is 5.32 Å². The molecule has 158 valence electrons. The largest absolute Gasteiger partial charge is 0.478 e. The fourth-order valence-corrected chi connectivity index (χ4v) is 4.92. The van der Waals surface area contributed by atoms with E-state index < -0.39 is 11.9 Å². The second-order valence-electron chi connectivity index (χ2n) is 7.45. The molecule has 0 saturated carbocycles. The number of piperidine rings is 1. The van der Waals surface area contributed by atoms with Gasteiger partial charge < -0.3 is 15.5 Å². The molecule has 1 fully saturated rings. The van der Waals surface area contributed by atoms with Crippen LogP contribution in [0.4, 0.5) is 0 Å². The first-order valence-corrected chi connectivity index (χ1v) is 10.5. The molecule has 4 rings (SSSR count). The molecular weight excluding hydrogens is 425 g/mol. The summed E-state index contributed by atoms with van der Waals surface area (Å²) >= 11 is 12.6. The van der Waals surface area contributed by atoms with Crippen molar-refractivity contribution in [2.24, 2.45) is 5.92 Å². The number of rotatable bonds is 3. The molecule has 3 atom stereocenters. The van der Waals surface area contributed by atoms with Crippen LogP contribution in [-0.2, 0) is 9.59 Å². The highest BCUT2D eigenvalue weighted by Crippen LogP contribution is 2.48. The zero-order valence-electron chi connectivity index (χ0n) is 16.2. The number of halogens is 2. The van der Waals surface area contributed by atoms with Gasteiger partial charge in [-0.3, -0.25) is 0 Å². The van der Waals surface area contributed by atoms with E-state index in [1.165, 1.54) is 29.5 Å². The van der Waals surface area contributed by atoms with Crippen LogP contribution in [0.5, 0.6) is 0 Å². The summed E-state index contributed by atoms with van der Waals surface area (Å²) in [6.45, 7) is 2.23. The summed E-state index contributed by atoms with van der Waals surface area (Å²) in [5, 5.41) is 20.7. The molecule has 2 aromatic carbocycles. The summed E-state index contributed by atoms with van der Waals surface area (Å²) in [4.78, 5) is 19.1. The van der Waals surface area contributed by atoms with Gasteiger partial charge in [-0.1, -0.05) is 53.5 Å². The summed E-state index contributed by atoms with van der Waals surface area (Å²) in [5.41, 5.74) is 4.16. The Hall–Kier alpha value is -2.34. The number of nitrogens with one attached hydrogen (secondary N) is 1. The van der Waals surface area contributed by atoms with Crippen LogP contribution in [0.1, 0.15) is 41.4 Å². The maximum Gasteiger partial charge on any atom is 0.328 e. The molecular formula is C23H23Cl2NO4. The topological polar surface area (TPSA) is 86.6 Å². The molecule has 2 aromatic rings. The highest BCUT2D eigenvalue weighted by molar-refractivity contribution is 6.35. The fraction of sp³-hybridized carbons (Fsp3) is 0.304. The molecule has 2 aliphatic rings. The van der Waals surface area contributed by atoms with Crippen molar-refractivity contribution in [3.05, 3.63) is 81.4 Å². The zero-order valence-corrected chi connectivity index (χ0v) is 17.7. The smallest absolute Gasteiger partial charge is 0.328 e. The van der Waals surface area contributed by atoms with Gasteiger partial charge in [-0.25, -0.2) is 9.59 Å². The van der Waals surface area contributed by atoms with E-state index in [1.54, 1.807) is 0 Å². The van der Waals surface area contributed by atoms with E-state index in [4.69, 9.17) is 33.4 Å². The third-order valence-electron chi connectivity index (χ3n) is 5.64. The number of fused-ring (bicyclic) bond motifs is 3. The standard InChI is InChI=1S/C19H19Cl2N.C4H4O4/c20-13-5-6-16(19(21)10-13)17-9-12-7-8-22-11-18(12)15-4-2-1-3-14(15)17;5-3(6)1-2-4(7)8/h1-6,10,12,17-18,22H,7-9,11H2;1-2H,(H,5,6)(H,7,8)/b;2-1-. The molecule has 0 bridgehead atoms. The molecule has 3 N–H and O–H groups in total. The van der Waals surface area contributed by atoms with Crippen molar-refractivity contribution in [2.75, 3.05) is 13.1 Å². The maximum absolute atomic E-state index is 9.55. The van der Waals surface area contributed by atoms with Crippen LogP contribution in [0, 0.1) is 5.92 Å². The molecule has 1 aliphatic carbocycles. The monoisotopic (exact) mass is 447 g/mol. The molecule has 3 unspecified atom stereocenters. The minimum atomic E-state index is -1.26. The lowest BCUT2D eigenvalue weighted by Gasteiger charge is -2.41. The number of carbonyl (C=O) groups is 2. The lowest BCUT2D eigenvalue weighted by atomic mass is 9.66. The molecule has 1 aliphatic heterocycles. The van der Waals surface area contributed by atoms with Crippen molar-refractivity contribution in [1.29, 1.82) is 0 Å². The van der Waals surface area contributed by atoms with E-state index in [0.717, 1.165) is 24.0 Å². The minimum Gasteiger partial charge on any atom is -0.478 e. The Morgan fingerprint density at radius 3 is 2.27 bits per heavy atom. The minimum absolute atomic E-state index is 0.389. The number of carboxylic acid groups (broad SMARTS) is 2. The Morgan fingerprint density at radius 1 is 0.967 bits per heavy atom. The van der Waals surface area contributed by atoms with Gasteiger partial charge in [0, 0.05) is 34.7 Å². The van der Waals surface area contributed by atoms with Crippen LogP contribution in [0.2, 0.25) is 10.0 Å². The highest BCUT2D eigenvalue weighted by atomic mass is 35.5. The third kappa shape index (κ3) is 5.42. The lowest BCUT2D eigenvalue weighted by molar-refractivity contribution is -0.134. The van der Waals surface area contributed by atoms with Crippen molar-refractivity contribution >= 4 is 35.1 Å². The molecule has 7 heteroatoms. The first-order valence-electron chi connectivity index (χ1n) is 9.75. The van der Waals surface area contributed by atoms with Gasteiger partial charge in [-0.15, -0.1) is 0 Å². The molecule has 1 saturated heterocycles. The van der Waals surface area contributed by atoms with Gasteiger partial charge >= 0.3 is 11.9 Å². The van der Waals surface area contributed by atoms with Gasteiger partial charge in [0.1, 0.15) is 0 Å². The molecule has 5 nitrogen and oxygen atoms in total. The summed E-state index contributed by atoms with van der Waals surface area (Å²) in [6, 6.07) is 14.8. The number of benzene rings is 2. The van der Waals surface area contributed by atoms with Gasteiger partial charge in [0.2, 0.25) is 0 Å². The quantitative estimate of drug-likeness (QED) is 0.580. The van der Waals surface area contributed by atoms with Gasteiger partial charge in [0.15, 0.2) is 0 Å². The average molecular weight is 448 g/mol. The first-order chi connectivity index (χ1) is 14.4. The van der Waals surface area contributed by atoms with Gasteiger partial charge in [0.25, 0.3) is 0 Å². The fourth-order valence-electron chi connectivity index (χ4n) is 4.38.